The lowest BCUT2D eigenvalue weighted by molar-refractivity contribution is -0.384. The second kappa shape index (κ2) is 11.4. The van der Waals surface area contributed by atoms with Crippen molar-refractivity contribution < 1.29 is 9.31 Å². The predicted molar refractivity (Wildman–Crippen MR) is 182 cm³/mol. The van der Waals surface area contributed by atoms with Crippen LogP contribution in [0.1, 0.15) is 22.9 Å². The molecule has 0 bridgehead atoms. The Bertz CT molecular complexity index is 2090. The quantitative estimate of drug-likeness (QED) is 0.149. The van der Waals surface area contributed by atoms with Gasteiger partial charge in [0.1, 0.15) is 10.8 Å². The number of halogens is 2. The van der Waals surface area contributed by atoms with Crippen LogP contribution in [0.3, 0.4) is 0 Å². The average Bonchev–Trinajstić information content (AvgIpc) is 3.43. The summed E-state index contributed by atoms with van der Waals surface area (Å²) in [5, 5.41) is 17.1. The topological polar surface area (TPSA) is 95.4 Å². The van der Waals surface area contributed by atoms with Gasteiger partial charge in [0.25, 0.3) is 5.69 Å². The summed E-state index contributed by atoms with van der Waals surface area (Å²) in [5.74, 6) is 1.72. The molecule has 1 aromatic heterocycles. The summed E-state index contributed by atoms with van der Waals surface area (Å²) < 4.78 is 15.4. The summed E-state index contributed by atoms with van der Waals surface area (Å²) in [6.45, 7) is 4.67. The third-order valence-corrected chi connectivity index (χ3v) is 9.19. The molecule has 0 aliphatic carbocycles. The second-order valence-corrected chi connectivity index (χ2v) is 12.0. The molecule has 4 aromatic carbocycles. The first-order valence-corrected chi connectivity index (χ1v) is 15.7. The summed E-state index contributed by atoms with van der Waals surface area (Å²) in [7, 11) is 0. The Labute approximate surface area is 274 Å². The third-order valence-electron chi connectivity index (χ3n) is 8.87. The molecule has 1 saturated heterocycles. The number of aliphatic imine (C=N–C) groups is 2. The van der Waals surface area contributed by atoms with E-state index >= 15 is 0 Å². The van der Waals surface area contributed by atoms with E-state index in [-0.39, 0.29) is 16.5 Å². The summed E-state index contributed by atoms with van der Waals surface area (Å²) in [6, 6.07) is 28.7. The van der Waals surface area contributed by atoms with Crippen LogP contribution in [-0.2, 0) is 0 Å². The van der Waals surface area contributed by atoms with Crippen molar-refractivity contribution >= 4 is 51.8 Å². The van der Waals surface area contributed by atoms with Gasteiger partial charge in [0, 0.05) is 43.5 Å². The third kappa shape index (κ3) is 4.90. The standard InChI is InChI=1S/C35H28ClFN8O2/c1-22-31-32(23-11-16-27(36)30(21-23)45(46)47)43-29-10-6-5-9-28(29)38-34(35(43)39-33(31)44(40-22)26-7-3-2-4-8-26)42-19-17-41(18-20-42)25-14-12-24(37)13-15-25/h2-16,21,32H,17-20H2,1H3. The molecule has 234 valence electrons. The van der Waals surface area contributed by atoms with Gasteiger partial charge in [-0.2, -0.15) is 5.10 Å². The first kappa shape index (κ1) is 28.9. The summed E-state index contributed by atoms with van der Waals surface area (Å²) in [5.41, 5.74) is 5.53. The van der Waals surface area contributed by atoms with Crippen LogP contribution in [-0.4, -0.2) is 57.5 Å². The van der Waals surface area contributed by atoms with E-state index in [2.05, 4.69) is 14.7 Å². The largest absolute Gasteiger partial charge is 0.368 e. The summed E-state index contributed by atoms with van der Waals surface area (Å²) >= 11 is 6.31. The SMILES string of the molecule is Cc1nn(-c2ccccc2)c2c1C(c1ccc(Cl)c([N+](=O)[O-])c1)N1C(=N2)C(N2CCN(c3ccc(F)cc3)CC2)=Nc2ccccc21. The van der Waals surface area contributed by atoms with Crippen molar-refractivity contribution in [1.29, 1.82) is 0 Å². The fraction of sp³-hybridized carbons (Fsp3) is 0.171. The lowest BCUT2D eigenvalue weighted by atomic mass is 9.93. The van der Waals surface area contributed by atoms with Gasteiger partial charge >= 0.3 is 0 Å². The Balaban J connectivity index is 1.30. The number of para-hydroxylation sites is 3. The van der Waals surface area contributed by atoms with Gasteiger partial charge in [-0.25, -0.2) is 19.1 Å². The average molecular weight is 647 g/mol. The zero-order valence-electron chi connectivity index (χ0n) is 25.3. The number of nitro benzene ring substituents is 1. The van der Waals surface area contributed by atoms with Gasteiger partial charge in [0.15, 0.2) is 17.5 Å². The van der Waals surface area contributed by atoms with Crippen LogP contribution in [0.25, 0.3) is 5.69 Å². The van der Waals surface area contributed by atoms with E-state index in [0.717, 1.165) is 34.0 Å². The summed E-state index contributed by atoms with van der Waals surface area (Å²) in [6.07, 6.45) is 0. The van der Waals surface area contributed by atoms with Crippen LogP contribution >= 0.6 is 11.6 Å². The molecule has 1 unspecified atom stereocenters. The predicted octanol–water partition coefficient (Wildman–Crippen LogP) is 7.39. The number of amidine groups is 2. The minimum absolute atomic E-state index is 0.0701. The molecule has 8 rings (SSSR count). The zero-order valence-corrected chi connectivity index (χ0v) is 26.0. The van der Waals surface area contributed by atoms with E-state index < -0.39 is 11.0 Å². The normalized spacial score (nSPS) is 17.0. The lowest BCUT2D eigenvalue weighted by Gasteiger charge is -2.44. The highest BCUT2D eigenvalue weighted by molar-refractivity contribution is 6.48. The molecule has 0 spiro atoms. The van der Waals surface area contributed by atoms with Crippen LogP contribution in [0.5, 0.6) is 0 Å². The number of hydrogen-bond donors (Lipinski definition) is 0. The van der Waals surface area contributed by atoms with E-state index in [1.165, 1.54) is 12.1 Å². The molecule has 0 N–H and O–H groups in total. The number of aromatic nitrogens is 2. The molecule has 0 radical (unpaired) electrons. The van der Waals surface area contributed by atoms with Gasteiger partial charge in [-0.15, -0.1) is 0 Å². The zero-order chi connectivity index (χ0) is 32.2. The first-order chi connectivity index (χ1) is 22.9. The molecule has 0 amide bonds. The molecule has 1 atom stereocenters. The molecular weight excluding hydrogens is 619 g/mol. The number of hydrogen-bond acceptors (Lipinski definition) is 8. The number of nitrogens with zero attached hydrogens (tertiary/aromatic N) is 8. The smallest absolute Gasteiger partial charge is 0.288 e. The monoisotopic (exact) mass is 646 g/mol. The van der Waals surface area contributed by atoms with Crippen molar-refractivity contribution in [2.45, 2.75) is 13.0 Å². The molecule has 1 fully saturated rings. The highest BCUT2D eigenvalue weighted by atomic mass is 35.5. The van der Waals surface area contributed by atoms with E-state index in [0.29, 0.717) is 49.2 Å². The Morgan fingerprint density at radius 3 is 2.28 bits per heavy atom. The van der Waals surface area contributed by atoms with Crippen molar-refractivity contribution in [3.05, 3.63) is 135 Å². The van der Waals surface area contributed by atoms with Crippen molar-refractivity contribution in [2.75, 3.05) is 36.0 Å². The maximum absolute atomic E-state index is 13.6. The number of rotatable bonds is 4. The number of fused-ring (bicyclic) bond motifs is 4. The van der Waals surface area contributed by atoms with E-state index in [9.17, 15) is 14.5 Å². The molecule has 12 heteroatoms. The number of piperazine rings is 1. The first-order valence-electron chi connectivity index (χ1n) is 15.3. The summed E-state index contributed by atoms with van der Waals surface area (Å²) in [4.78, 5) is 28.7. The lowest BCUT2D eigenvalue weighted by Crippen LogP contribution is -2.55. The molecule has 47 heavy (non-hydrogen) atoms. The van der Waals surface area contributed by atoms with Crippen LogP contribution in [0, 0.1) is 22.9 Å². The Morgan fingerprint density at radius 2 is 1.53 bits per heavy atom. The van der Waals surface area contributed by atoms with Crippen LogP contribution in [0.2, 0.25) is 5.02 Å². The second-order valence-electron chi connectivity index (χ2n) is 11.6. The van der Waals surface area contributed by atoms with E-state index in [1.807, 2.05) is 72.3 Å². The van der Waals surface area contributed by atoms with E-state index in [1.54, 1.807) is 24.3 Å². The van der Waals surface area contributed by atoms with Gasteiger partial charge in [-0.1, -0.05) is 48.0 Å². The highest BCUT2D eigenvalue weighted by Gasteiger charge is 2.43. The van der Waals surface area contributed by atoms with Crippen molar-refractivity contribution in [3.8, 4) is 5.69 Å². The molecule has 0 saturated carbocycles. The Morgan fingerprint density at radius 1 is 0.830 bits per heavy atom. The maximum Gasteiger partial charge on any atom is 0.288 e. The maximum atomic E-state index is 13.6. The van der Waals surface area contributed by atoms with Gasteiger partial charge in [-0.05, 0) is 67.1 Å². The molecule has 5 aromatic rings. The molecule has 3 aliphatic rings. The highest BCUT2D eigenvalue weighted by Crippen LogP contribution is 2.49. The molecule has 10 nitrogen and oxygen atoms in total. The number of anilines is 2. The number of aryl methyl sites for hydroxylation is 1. The van der Waals surface area contributed by atoms with Gasteiger partial charge in [0.05, 0.1) is 33.7 Å². The fourth-order valence-electron chi connectivity index (χ4n) is 6.64. The van der Waals surface area contributed by atoms with Crippen LogP contribution < -0.4 is 9.80 Å². The van der Waals surface area contributed by atoms with Crippen molar-refractivity contribution in [1.82, 2.24) is 14.7 Å². The van der Waals surface area contributed by atoms with E-state index in [4.69, 9.17) is 26.7 Å². The fourth-order valence-corrected chi connectivity index (χ4v) is 6.83. The molecule has 4 heterocycles. The minimum atomic E-state index is -0.516. The minimum Gasteiger partial charge on any atom is -0.368 e. The van der Waals surface area contributed by atoms with Gasteiger partial charge in [0.2, 0.25) is 0 Å². The number of benzene rings is 4. The Hall–Kier alpha value is -5.55. The van der Waals surface area contributed by atoms with Gasteiger partial charge < -0.3 is 14.7 Å². The van der Waals surface area contributed by atoms with Crippen LogP contribution in [0.15, 0.2) is 107 Å². The Kier molecular flexibility index (Phi) is 6.98. The van der Waals surface area contributed by atoms with Gasteiger partial charge in [-0.3, -0.25) is 10.1 Å². The van der Waals surface area contributed by atoms with Crippen molar-refractivity contribution in [2.24, 2.45) is 9.98 Å². The van der Waals surface area contributed by atoms with Crippen LogP contribution in [0.4, 0.5) is 33.0 Å². The number of nitro groups is 1. The van der Waals surface area contributed by atoms with Crippen molar-refractivity contribution in [3.63, 3.8) is 0 Å². The molecule has 3 aliphatic heterocycles. The molecular formula is C35H28ClFN8O2.